The van der Waals surface area contributed by atoms with E-state index in [1.54, 1.807) is 67.2 Å². The summed E-state index contributed by atoms with van der Waals surface area (Å²) < 4.78 is 39.4. The second-order valence-electron chi connectivity index (χ2n) is 17.6. The summed E-state index contributed by atoms with van der Waals surface area (Å²) in [6, 6.07) is 9.36. The van der Waals surface area contributed by atoms with Crippen molar-refractivity contribution in [1.29, 1.82) is 0 Å². The number of nitrogens with one attached hydrogen (secondary N) is 1. The third kappa shape index (κ3) is 22.8. The summed E-state index contributed by atoms with van der Waals surface area (Å²) in [5.41, 5.74) is -2.42. The quantitative estimate of drug-likeness (QED) is 0.0861. The van der Waals surface area contributed by atoms with E-state index < -0.39 is 46.2 Å². The molecule has 1 fully saturated rings. The SMILES string of the molecule is CC(C)(C)OC(=O)CCOCC(COCCC(=O)OC(C)(C)C)(COCCC(=O)OC(C)(C)C)NC(=O)C1CCN(C(=O)CCCC(=O)OCc2ccccc2)CC1. The van der Waals surface area contributed by atoms with E-state index in [9.17, 15) is 28.8 Å². The number of nitrogens with zero attached hydrogens (tertiary/aromatic N) is 1. The normalized spacial score (nSPS) is 14.1. The number of hydrogen-bond donors (Lipinski definition) is 1. The van der Waals surface area contributed by atoms with Gasteiger partial charge in [-0.1, -0.05) is 30.3 Å². The molecule has 0 unspecified atom stereocenters. The molecule has 58 heavy (non-hydrogen) atoms. The number of amides is 2. The molecule has 328 valence electrons. The lowest BCUT2D eigenvalue weighted by molar-refractivity contribution is -0.157. The molecule has 0 aliphatic carbocycles. The standard InChI is InChI=1S/C43H68N2O13/c1-40(2,3)56-36(48)20-25-52-29-43(30-53-26-21-37(49)57-41(4,5)6,31-54-27-22-38(50)58-42(7,8)9)44-39(51)33-18-23-45(24-19-33)34(46)16-13-17-35(47)55-28-32-14-11-10-12-15-32/h10-12,14-15,33H,13,16-31H2,1-9H3,(H,44,51). The molecule has 15 nitrogen and oxygen atoms in total. The second-order valence-corrected chi connectivity index (χ2v) is 17.6. The van der Waals surface area contributed by atoms with Crippen LogP contribution in [-0.4, -0.2) is 116 Å². The second kappa shape index (κ2) is 24.1. The number of benzene rings is 1. The van der Waals surface area contributed by atoms with E-state index in [0.29, 0.717) is 32.4 Å². The van der Waals surface area contributed by atoms with Gasteiger partial charge in [-0.25, -0.2) is 0 Å². The van der Waals surface area contributed by atoms with Crippen LogP contribution in [0.25, 0.3) is 0 Å². The van der Waals surface area contributed by atoms with E-state index in [1.165, 1.54) is 0 Å². The molecule has 2 amide bonds. The van der Waals surface area contributed by atoms with Crippen molar-refractivity contribution in [2.75, 3.05) is 52.7 Å². The minimum atomic E-state index is -1.30. The van der Waals surface area contributed by atoms with E-state index in [0.717, 1.165) is 5.56 Å². The Hall–Kier alpha value is -4.08. The van der Waals surface area contributed by atoms with Crippen LogP contribution in [0.3, 0.4) is 0 Å². The lowest BCUT2D eigenvalue weighted by atomic mass is 9.93. The lowest BCUT2D eigenvalue weighted by Crippen LogP contribution is -2.60. The Morgan fingerprint density at radius 2 is 1.03 bits per heavy atom. The average Bonchev–Trinajstić information content (AvgIpc) is 3.11. The fraction of sp³-hybridized carbons (Fsp3) is 0.721. The van der Waals surface area contributed by atoms with Crippen LogP contribution in [0.5, 0.6) is 0 Å². The molecule has 0 radical (unpaired) electrons. The summed E-state index contributed by atoms with van der Waals surface area (Å²) in [5, 5.41) is 3.08. The predicted molar refractivity (Wildman–Crippen MR) is 214 cm³/mol. The fourth-order valence-electron chi connectivity index (χ4n) is 5.79. The Kier molecular flexibility index (Phi) is 20.8. The van der Waals surface area contributed by atoms with Crippen molar-refractivity contribution in [3.05, 3.63) is 35.9 Å². The van der Waals surface area contributed by atoms with Crippen LogP contribution in [0.15, 0.2) is 30.3 Å². The van der Waals surface area contributed by atoms with Gasteiger partial charge < -0.3 is 43.4 Å². The number of carbonyl (C=O) groups is 6. The molecular formula is C43H68N2O13. The van der Waals surface area contributed by atoms with Crippen LogP contribution in [0, 0.1) is 5.92 Å². The summed E-state index contributed by atoms with van der Waals surface area (Å²) in [6.45, 7) is 16.3. The van der Waals surface area contributed by atoms with Gasteiger partial charge in [0.05, 0.1) is 58.9 Å². The minimum absolute atomic E-state index is 0.0202. The van der Waals surface area contributed by atoms with Crippen molar-refractivity contribution in [2.45, 2.75) is 143 Å². The maximum Gasteiger partial charge on any atom is 0.308 e. The van der Waals surface area contributed by atoms with E-state index in [2.05, 4.69) is 5.32 Å². The van der Waals surface area contributed by atoms with Crippen molar-refractivity contribution in [3.8, 4) is 0 Å². The predicted octanol–water partition coefficient (Wildman–Crippen LogP) is 5.24. The number of likely N-dealkylation sites (tertiary alicyclic amines) is 1. The van der Waals surface area contributed by atoms with Gasteiger partial charge in [0.25, 0.3) is 0 Å². The van der Waals surface area contributed by atoms with Crippen molar-refractivity contribution < 1.29 is 61.9 Å². The van der Waals surface area contributed by atoms with Gasteiger partial charge in [-0.15, -0.1) is 0 Å². The van der Waals surface area contributed by atoms with Gasteiger partial charge in [0.15, 0.2) is 0 Å². The van der Waals surface area contributed by atoms with E-state index in [-0.39, 0.29) is 96.1 Å². The van der Waals surface area contributed by atoms with Crippen molar-refractivity contribution in [3.63, 3.8) is 0 Å². The average molecular weight is 821 g/mol. The van der Waals surface area contributed by atoms with Crippen LogP contribution >= 0.6 is 0 Å². The van der Waals surface area contributed by atoms with Crippen LogP contribution in [0.2, 0.25) is 0 Å². The molecule has 1 saturated heterocycles. The molecule has 0 atom stereocenters. The zero-order valence-electron chi connectivity index (χ0n) is 36.2. The van der Waals surface area contributed by atoms with Crippen molar-refractivity contribution in [2.24, 2.45) is 5.92 Å². The highest BCUT2D eigenvalue weighted by Gasteiger charge is 2.37. The largest absolute Gasteiger partial charge is 0.461 e. The Morgan fingerprint density at radius 1 is 0.603 bits per heavy atom. The third-order valence-corrected chi connectivity index (χ3v) is 8.37. The van der Waals surface area contributed by atoms with Gasteiger partial charge in [-0.05, 0) is 87.1 Å². The number of ether oxygens (including phenoxy) is 7. The Labute approximate surface area is 344 Å². The number of carbonyl (C=O) groups excluding carboxylic acids is 6. The molecule has 0 saturated carbocycles. The van der Waals surface area contributed by atoms with E-state index in [1.807, 2.05) is 30.3 Å². The molecule has 1 aliphatic rings. The van der Waals surface area contributed by atoms with Gasteiger partial charge in [-0.2, -0.15) is 0 Å². The Balaban J connectivity index is 2.08. The zero-order chi connectivity index (χ0) is 43.4. The first-order valence-electron chi connectivity index (χ1n) is 20.2. The lowest BCUT2D eigenvalue weighted by Gasteiger charge is -2.37. The first-order valence-corrected chi connectivity index (χ1v) is 20.2. The van der Waals surface area contributed by atoms with Gasteiger partial charge in [-0.3, -0.25) is 28.8 Å². The molecule has 1 aliphatic heterocycles. The van der Waals surface area contributed by atoms with E-state index >= 15 is 0 Å². The summed E-state index contributed by atoms with van der Waals surface area (Å²) in [4.78, 5) is 78.0. The molecule has 0 aromatic heterocycles. The molecular weight excluding hydrogens is 752 g/mol. The molecule has 0 bridgehead atoms. The van der Waals surface area contributed by atoms with Crippen LogP contribution in [0.4, 0.5) is 0 Å². The molecule has 1 heterocycles. The highest BCUT2D eigenvalue weighted by Crippen LogP contribution is 2.22. The minimum Gasteiger partial charge on any atom is -0.461 e. The highest BCUT2D eigenvalue weighted by atomic mass is 16.6. The monoisotopic (exact) mass is 820 g/mol. The third-order valence-electron chi connectivity index (χ3n) is 8.37. The first kappa shape index (κ1) is 50.1. The first-order chi connectivity index (χ1) is 27.0. The highest BCUT2D eigenvalue weighted by molar-refractivity contribution is 5.81. The Morgan fingerprint density at radius 3 is 1.45 bits per heavy atom. The number of esters is 4. The van der Waals surface area contributed by atoms with Crippen LogP contribution in [0.1, 0.15) is 119 Å². The molecule has 1 N–H and O–H groups in total. The maximum absolute atomic E-state index is 13.9. The van der Waals surface area contributed by atoms with Gasteiger partial charge >= 0.3 is 23.9 Å². The number of piperidine rings is 1. The van der Waals surface area contributed by atoms with Crippen LogP contribution < -0.4 is 5.32 Å². The van der Waals surface area contributed by atoms with Gasteiger partial charge in [0.2, 0.25) is 11.8 Å². The maximum atomic E-state index is 13.9. The van der Waals surface area contributed by atoms with Gasteiger partial charge in [0.1, 0.15) is 28.9 Å². The smallest absolute Gasteiger partial charge is 0.308 e. The molecule has 2 rings (SSSR count). The topological polar surface area (TPSA) is 182 Å². The molecule has 1 aromatic rings. The fourth-order valence-corrected chi connectivity index (χ4v) is 5.79. The molecule has 1 aromatic carbocycles. The molecule has 0 spiro atoms. The van der Waals surface area contributed by atoms with Gasteiger partial charge in [0, 0.05) is 31.8 Å². The summed E-state index contributed by atoms with van der Waals surface area (Å²) in [6.07, 6.45) is 1.33. The summed E-state index contributed by atoms with van der Waals surface area (Å²) >= 11 is 0. The number of hydrogen-bond acceptors (Lipinski definition) is 13. The van der Waals surface area contributed by atoms with E-state index in [4.69, 9.17) is 33.2 Å². The Bertz CT molecular complexity index is 1360. The summed E-state index contributed by atoms with van der Waals surface area (Å²) in [5.74, 6) is -2.58. The molecule has 15 heteroatoms. The van der Waals surface area contributed by atoms with Crippen LogP contribution in [-0.2, 0) is 68.5 Å². The van der Waals surface area contributed by atoms with Crippen molar-refractivity contribution in [1.82, 2.24) is 10.2 Å². The number of rotatable bonds is 23. The zero-order valence-corrected chi connectivity index (χ0v) is 36.2. The summed E-state index contributed by atoms with van der Waals surface area (Å²) in [7, 11) is 0. The van der Waals surface area contributed by atoms with Crippen molar-refractivity contribution >= 4 is 35.7 Å².